The molecule has 0 N–H and O–H groups in total. The Morgan fingerprint density at radius 2 is 2.14 bits per heavy atom. The fraction of sp³-hybridized carbons (Fsp3) is 0.875. The lowest BCUT2D eigenvalue weighted by Crippen LogP contribution is -2.39. The second-order valence-corrected chi connectivity index (χ2v) is 7.61. The van der Waals surface area contributed by atoms with E-state index >= 15 is 0 Å². The van der Waals surface area contributed by atoms with Gasteiger partial charge in [-0.25, -0.2) is 0 Å². The van der Waals surface area contributed by atoms with Crippen molar-refractivity contribution in [2.24, 2.45) is 11.8 Å². The maximum atomic E-state index is 12.4. The normalized spacial score (nSPS) is 28.5. The molecule has 0 spiro atoms. The van der Waals surface area contributed by atoms with Gasteiger partial charge in [-0.2, -0.15) is 25.3 Å². The molecular weight excluding hydrogens is 318 g/mol. The van der Waals surface area contributed by atoms with Crippen LogP contribution in [0.4, 0.5) is 0 Å². The molecule has 0 radical (unpaired) electrons. The van der Waals surface area contributed by atoms with Crippen LogP contribution in [0.2, 0.25) is 0 Å². The van der Waals surface area contributed by atoms with E-state index in [0.717, 1.165) is 50.8 Å². The van der Waals surface area contributed by atoms with Crippen molar-refractivity contribution in [2.45, 2.75) is 62.8 Å². The Hall–Kier alpha value is -0.360. The molecule has 6 heteroatoms. The zero-order valence-electron chi connectivity index (χ0n) is 13.0. The molecule has 1 heterocycles. The summed E-state index contributed by atoms with van der Waals surface area (Å²) in [6.45, 7) is 1.26. The predicted molar refractivity (Wildman–Crippen MR) is 93.2 cm³/mol. The number of unbranched alkanes of at least 4 members (excludes halogenated alkanes) is 1. The van der Waals surface area contributed by atoms with Crippen molar-refractivity contribution in [3.05, 3.63) is 0 Å². The van der Waals surface area contributed by atoms with Crippen molar-refractivity contribution in [1.82, 2.24) is 4.90 Å². The van der Waals surface area contributed by atoms with Crippen molar-refractivity contribution in [1.29, 1.82) is 0 Å². The van der Waals surface area contributed by atoms with Crippen LogP contribution < -0.4 is 0 Å². The van der Waals surface area contributed by atoms with Gasteiger partial charge in [-0.3, -0.25) is 9.59 Å². The molecule has 2 rings (SSSR count). The second-order valence-electron chi connectivity index (χ2n) is 6.44. The van der Waals surface area contributed by atoms with Crippen LogP contribution >= 0.6 is 25.3 Å². The maximum Gasteiger partial charge on any atom is 0.295 e. The molecule has 4 unspecified atom stereocenters. The molecule has 0 aromatic heterocycles. The van der Waals surface area contributed by atoms with E-state index in [1.165, 1.54) is 6.42 Å². The summed E-state index contributed by atoms with van der Waals surface area (Å²) in [6, 6.07) is 0. The van der Waals surface area contributed by atoms with Gasteiger partial charge in [-0.15, -0.1) is 0 Å². The van der Waals surface area contributed by atoms with E-state index in [4.69, 9.17) is 4.74 Å². The number of hydrogen-bond donors (Lipinski definition) is 2. The molecule has 1 amide bonds. The van der Waals surface area contributed by atoms with Crippen LogP contribution in [-0.2, 0) is 14.3 Å². The number of amides is 1. The topological polar surface area (TPSA) is 46.6 Å². The first kappa shape index (κ1) is 18.0. The van der Waals surface area contributed by atoms with Gasteiger partial charge in [-0.1, -0.05) is 12.8 Å². The Morgan fingerprint density at radius 3 is 2.86 bits per heavy atom. The average Bonchev–Trinajstić information content (AvgIpc) is 3.06. The third-order valence-electron chi connectivity index (χ3n) is 4.98. The quantitative estimate of drug-likeness (QED) is 0.384. The molecular formula is C16H27NO3S2. The first-order chi connectivity index (χ1) is 10.7. The number of carbonyl (C=O) groups excluding carboxylic acids is 2. The lowest BCUT2D eigenvalue weighted by Gasteiger charge is -2.26. The van der Waals surface area contributed by atoms with Crippen molar-refractivity contribution < 1.29 is 14.3 Å². The maximum absolute atomic E-state index is 12.4. The first-order valence-electron chi connectivity index (χ1n) is 8.35. The summed E-state index contributed by atoms with van der Waals surface area (Å²) < 4.78 is 5.23. The van der Waals surface area contributed by atoms with E-state index < -0.39 is 0 Å². The number of likely N-dealkylation sites (tertiary alicyclic amines) is 1. The molecule has 22 heavy (non-hydrogen) atoms. The Kier molecular flexibility index (Phi) is 7.41. The highest BCUT2D eigenvalue weighted by atomic mass is 32.1. The average molecular weight is 346 g/mol. The molecule has 1 aliphatic carbocycles. The van der Waals surface area contributed by atoms with Crippen LogP contribution in [0.25, 0.3) is 0 Å². The molecule has 2 fully saturated rings. The minimum absolute atomic E-state index is 0.131. The third-order valence-corrected chi connectivity index (χ3v) is 5.75. The highest BCUT2D eigenvalue weighted by Crippen LogP contribution is 2.42. The molecule has 0 bridgehead atoms. The van der Waals surface area contributed by atoms with Gasteiger partial charge in [0.15, 0.2) is 6.23 Å². The number of thiol groups is 2. The van der Waals surface area contributed by atoms with Crippen LogP contribution in [0, 0.1) is 11.8 Å². The van der Waals surface area contributed by atoms with Gasteiger partial charge in [-0.05, 0) is 43.8 Å². The molecule has 4 atom stereocenters. The molecule has 126 valence electrons. The van der Waals surface area contributed by atoms with Crippen LogP contribution in [-0.4, -0.2) is 41.1 Å². The molecule has 1 saturated carbocycles. The summed E-state index contributed by atoms with van der Waals surface area (Å²) in [6.07, 6.45) is 7.54. The van der Waals surface area contributed by atoms with Gasteiger partial charge < -0.3 is 9.64 Å². The molecule has 0 aromatic rings. The largest absolute Gasteiger partial charge is 0.443 e. The van der Waals surface area contributed by atoms with Gasteiger partial charge in [0.25, 0.3) is 6.47 Å². The van der Waals surface area contributed by atoms with Crippen LogP contribution in [0.1, 0.15) is 51.4 Å². The zero-order valence-corrected chi connectivity index (χ0v) is 14.8. The summed E-state index contributed by atoms with van der Waals surface area (Å²) in [5.74, 6) is 1.86. The first-order valence-corrected chi connectivity index (χ1v) is 9.49. The number of ether oxygens (including phenoxy) is 1. The fourth-order valence-corrected chi connectivity index (χ4v) is 4.65. The van der Waals surface area contributed by atoms with Gasteiger partial charge in [0.1, 0.15) is 0 Å². The number of rotatable bonds is 9. The molecule has 1 aliphatic heterocycles. The minimum Gasteiger partial charge on any atom is -0.443 e. The SMILES string of the molecule is O=COC1C2CCCC2CN1C(=O)CCCCC(S)CCS. The monoisotopic (exact) mass is 345 g/mol. The van der Waals surface area contributed by atoms with E-state index in [-0.39, 0.29) is 12.1 Å². The number of fused-ring (bicyclic) bond motifs is 1. The minimum atomic E-state index is -0.320. The van der Waals surface area contributed by atoms with Crippen molar-refractivity contribution in [3.63, 3.8) is 0 Å². The van der Waals surface area contributed by atoms with Crippen molar-refractivity contribution in [2.75, 3.05) is 12.3 Å². The summed E-state index contributed by atoms with van der Waals surface area (Å²) in [5, 5.41) is 0.380. The van der Waals surface area contributed by atoms with Gasteiger partial charge in [0, 0.05) is 24.1 Å². The highest BCUT2D eigenvalue weighted by molar-refractivity contribution is 7.81. The van der Waals surface area contributed by atoms with E-state index in [9.17, 15) is 9.59 Å². The summed E-state index contributed by atoms with van der Waals surface area (Å²) in [5.41, 5.74) is 0. The Balaban J connectivity index is 1.75. The number of hydrogen-bond acceptors (Lipinski definition) is 5. The lowest BCUT2D eigenvalue weighted by atomic mass is 9.99. The molecule has 2 aliphatic rings. The lowest BCUT2D eigenvalue weighted by molar-refractivity contribution is -0.153. The molecule has 4 nitrogen and oxygen atoms in total. The standard InChI is InChI=1S/C16H27NO3S2/c18-11-20-16-14-6-3-4-12(14)10-17(16)15(19)7-2-1-5-13(22)8-9-21/h11-14,16,21-22H,1-10H2. The predicted octanol–water partition coefficient (Wildman–Crippen LogP) is 2.92. The molecule has 0 aromatic carbocycles. The smallest absolute Gasteiger partial charge is 0.295 e. The van der Waals surface area contributed by atoms with Gasteiger partial charge in [0.05, 0.1) is 0 Å². The number of nitrogens with zero attached hydrogens (tertiary/aromatic N) is 1. The molecule has 1 saturated heterocycles. The fourth-order valence-electron chi connectivity index (χ4n) is 3.82. The Labute approximate surface area is 144 Å². The highest BCUT2D eigenvalue weighted by Gasteiger charge is 2.47. The van der Waals surface area contributed by atoms with E-state index in [1.807, 2.05) is 0 Å². The summed E-state index contributed by atoms with van der Waals surface area (Å²) >= 11 is 8.71. The van der Waals surface area contributed by atoms with E-state index in [1.54, 1.807) is 4.90 Å². The second kappa shape index (κ2) is 9.06. The zero-order chi connectivity index (χ0) is 15.9. The van der Waals surface area contributed by atoms with E-state index in [2.05, 4.69) is 25.3 Å². The van der Waals surface area contributed by atoms with Crippen molar-refractivity contribution in [3.8, 4) is 0 Å². The Bertz CT molecular complexity index is 380. The van der Waals surface area contributed by atoms with Crippen LogP contribution in [0.5, 0.6) is 0 Å². The third kappa shape index (κ3) is 4.57. The van der Waals surface area contributed by atoms with Crippen molar-refractivity contribution >= 4 is 37.6 Å². The summed E-state index contributed by atoms with van der Waals surface area (Å²) in [7, 11) is 0. The van der Waals surface area contributed by atoms with Crippen LogP contribution in [0.15, 0.2) is 0 Å². The van der Waals surface area contributed by atoms with E-state index in [0.29, 0.717) is 30.0 Å². The van der Waals surface area contributed by atoms with Crippen LogP contribution in [0.3, 0.4) is 0 Å². The summed E-state index contributed by atoms with van der Waals surface area (Å²) in [4.78, 5) is 25.0. The van der Waals surface area contributed by atoms with Gasteiger partial charge in [0.2, 0.25) is 5.91 Å². The van der Waals surface area contributed by atoms with Gasteiger partial charge >= 0.3 is 0 Å². The number of carbonyl (C=O) groups is 2. The Morgan fingerprint density at radius 1 is 1.32 bits per heavy atom.